The van der Waals surface area contributed by atoms with Crippen molar-refractivity contribution in [1.29, 1.82) is 0 Å². The van der Waals surface area contributed by atoms with Gasteiger partial charge in [0.2, 0.25) is 0 Å². The van der Waals surface area contributed by atoms with Crippen LogP contribution in [0.15, 0.2) is 72.8 Å². The second-order valence-corrected chi connectivity index (χ2v) is 6.17. The van der Waals surface area contributed by atoms with E-state index in [1.807, 2.05) is 55.5 Å². The first-order chi connectivity index (χ1) is 12.1. The minimum atomic E-state index is 0.0307. The van der Waals surface area contributed by atoms with Crippen molar-refractivity contribution in [3.8, 4) is 0 Å². The van der Waals surface area contributed by atoms with E-state index in [1.165, 1.54) is 23.6 Å². The molecular formula is C24H26O. The standard InChI is InChI=1S/C20H16O.C4H10/c1-15-6-10-18(11-7-15)20(21)13-9-16-8-12-17-4-2-3-5-19(17)14-16;1-3-4-2/h2-14H,1H3;3-4H2,1-2H3/b13-9+;. The summed E-state index contributed by atoms with van der Waals surface area (Å²) < 4.78 is 0. The van der Waals surface area contributed by atoms with E-state index in [2.05, 4.69) is 38.1 Å². The average Bonchev–Trinajstić information content (AvgIpc) is 2.66. The largest absolute Gasteiger partial charge is 0.289 e. The molecule has 0 aliphatic heterocycles. The Labute approximate surface area is 151 Å². The Kier molecular flexibility index (Phi) is 7.16. The van der Waals surface area contributed by atoms with Crippen LogP contribution in [0.5, 0.6) is 0 Å². The fourth-order valence-corrected chi connectivity index (χ4v) is 2.30. The molecule has 25 heavy (non-hydrogen) atoms. The lowest BCUT2D eigenvalue weighted by Crippen LogP contribution is -1.93. The summed E-state index contributed by atoms with van der Waals surface area (Å²) in [6.45, 7) is 6.37. The number of allylic oxidation sites excluding steroid dienone is 1. The van der Waals surface area contributed by atoms with Crippen LogP contribution in [0.2, 0.25) is 0 Å². The number of carbonyl (C=O) groups excluding carboxylic acids is 1. The number of unbranched alkanes of at least 4 members (excludes halogenated alkanes) is 1. The number of ketones is 1. The maximum Gasteiger partial charge on any atom is 0.185 e. The summed E-state index contributed by atoms with van der Waals surface area (Å²) in [5.74, 6) is 0.0307. The molecule has 1 nitrogen and oxygen atoms in total. The van der Waals surface area contributed by atoms with Crippen molar-refractivity contribution in [2.24, 2.45) is 0 Å². The van der Waals surface area contributed by atoms with Gasteiger partial charge >= 0.3 is 0 Å². The van der Waals surface area contributed by atoms with Crippen LogP contribution in [0.25, 0.3) is 16.8 Å². The van der Waals surface area contributed by atoms with E-state index in [4.69, 9.17) is 0 Å². The summed E-state index contributed by atoms with van der Waals surface area (Å²) in [5.41, 5.74) is 2.91. The van der Waals surface area contributed by atoms with Gasteiger partial charge in [-0.05, 0) is 35.4 Å². The van der Waals surface area contributed by atoms with Gasteiger partial charge in [-0.15, -0.1) is 0 Å². The van der Waals surface area contributed by atoms with Crippen molar-refractivity contribution in [3.63, 3.8) is 0 Å². The average molecular weight is 330 g/mol. The summed E-state index contributed by atoms with van der Waals surface area (Å²) in [5, 5.41) is 2.39. The van der Waals surface area contributed by atoms with Crippen LogP contribution in [-0.2, 0) is 0 Å². The molecule has 0 aromatic heterocycles. The molecule has 0 amide bonds. The van der Waals surface area contributed by atoms with E-state index in [-0.39, 0.29) is 5.78 Å². The fourth-order valence-electron chi connectivity index (χ4n) is 2.30. The van der Waals surface area contributed by atoms with Gasteiger partial charge in [0.15, 0.2) is 5.78 Å². The highest BCUT2D eigenvalue weighted by Gasteiger charge is 2.00. The molecule has 3 rings (SSSR count). The van der Waals surface area contributed by atoms with Gasteiger partial charge in [-0.2, -0.15) is 0 Å². The minimum absolute atomic E-state index is 0.0307. The van der Waals surface area contributed by atoms with Gasteiger partial charge in [0.25, 0.3) is 0 Å². The molecule has 0 radical (unpaired) electrons. The van der Waals surface area contributed by atoms with Crippen molar-refractivity contribution in [3.05, 3.63) is 89.5 Å². The minimum Gasteiger partial charge on any atom is -0.289 e. The zero-order valence-corrected chi connectivity index (χ0v) is 15.3. The van der Waals surface area contributed by atoms with Gasteiger partial charge in [-0.1, -0.05) is 99.0 Å². The van der Waals surface area contributed by atoms with Crippen molar-refractivity contribution < 1.29 is 4.79 Å². The number of fused-ring (bicyclic) bond motifs is 1. The van der Waals surface area contributed by atoms with Gasteiger partial charge in [0.1, 0.15) is 0 Å². The summed E-state index contributed by atoms with van der Waals surface area (Å²) in [4.78, 5) is 12.1. The molecule has 0 atom stereocenters. The zero-order chi connectivity index (χ0) is 18.1. The lowest BCUT2D eigenvalue weighted by atomic mass is 10.0. The number of hydrogen-bond acceptors (Lipinski definition) is 1. The zero-order valence-electron chi connectivity index (χ0n) is 15.3. The highest BCUT2D eigenvalue weighted by atomic mass is 16.1. The molecule has 0 N–H and O–H groups in total. The highest BCUT2D eigenvalue weighted by Crippen LogP contribution is 2.16. The third-order valence-electron chi connectivity index (χ3n) is 4.04. The Hall–Kier alpha value is -2.67. The van der Waals surface area contributed by atoms with Crippen molar-refractivity contribution in [1.82, 2.24) is 0 Å². The molecule has 0 bridgehead atoms. The first kappa shape index (κ1) is 18.7. The van der Waals surface area contributed by atoms with Gasteiger partial charge in [0, 0.05) is 5.56 Å². The predicted molar refractivity (Wildman–Crippen MR) is 109 cm³/mol. The SMILES string of the molecule is CCCC.Cc1ccc(C(=O)/C=C/c2ccc3ccccc3c2)cc1. The topological polar surface area (TPSA) is 17.1 Å². The number of benzene rings is 3. The molecule has 3 aromatic carbocycles. The molecule has 0 spiro atoms. The quantitative estimate of drug-likeness (QED) is 0.377. The second kappa shape index (κ2) is 9.58. The number of rotatable bonds is 4. The first-order valence-corrected chi connectivity index (χ1v) is 8.92. The number of aryl methyl sites for hydroxylation is 1. The Morgan fingerprint density at radius 1 is 0.840 bits per heavy atom. The molecule has 0 unspecified atom stereocenters. The number of carbonyl (C=O) groups is 1. The van der Waals surface area contributed by atoms with Gasteiger partial charge in [-0.3, -0.25) is 4.79 Å². The maximum absolute atomic E-state index is 12.1. The molecule has 128 valence electrons. The van der Waals surface area contributed by atoms with Crippen molar-refractivity contribution >= 4 is 22.6 Å². The molecule has 0 saturated heterocycles. The normalized spacial score (nSPS) is 10.5. The van der Waals surface area contributed by atoms with Gasteiger partial charge in [0.05, 0.1) is 0 Å². The predicted octanol–water partition coefficient (Wildman–Crippen LogP) is 6.85. The molecule has 0 aliphatic carbocycles. The smallest absolute Gasteiger partial charge is 0.185 e. The van der Waals surface area contributed by atoms with Crippen molar-refractivity contribution in [2.75, 3.05) is 0 Å². The molecule has 0 heterocycles. The highest BCUT2D eigenvalue weighted by molar-refractivity contribution is 6.07. The Balaban J connectivity index is 0.000000511. The summed E-state index contributed by atoms with van der Waals surface area (Å²) in [6.07, 6.45) is 6.14. The maximum atomic E-state index is 12.1. The van der Waals surface area contributed by atoms with Crippen LogP contribution in [-0.4, -0.2) is 5.78 Å². The van der Waals surface area contributed by atoms with E-state index in [1.54, 1.807) is 6.08 Å². The van der Waals surface area contributed by atoms with Crippen LogP contribution < -0.4 is 0 Å². The van der Waals surface area contributed by atoms with Crippen LogP contribution >= 0.6 is 0 Å². The molecule has 0 aliphatic rings. The Bertz CT molecular complexity index is 839. The molecule has 3 aromatic rings. The van der Waals surface area contributed by atoms with Crippen LogP contribution in [0.4, 0.5) is 0 Å². The lowest BCUT2D eigenvalue weighted by molar-refractivity contribution is 0.104. The van der Waals surface area contributed by atoms with E-state index in [0.29, 0.717) is 0 Å². The van der Waals surface area contributed by atoms with E-state index in [9.17, 15) is 4.79 Å². The van der Waals surface area contributed by atoms with E-state index >= 15 is 0 Å². The second-order valence-electron chi connectivity index (χ2n) is 6.17. The van der Waals surface area contributed by atoms with Gasteiger partial charge in [-0.25, -0.2) is 0 Å². The monoisotopic (exact) mass is 330 g/mol. The Morgan fingerprint density at radius 2 is 1.48 bits per heavy atom. The summed E-state index contributed by atoms with van der Waals surface area (Å²) in [6, 6.07) is 22.0. The molecular weight excluding hydrogens is 304 g/mol. The van der Waals surface area contributed by atoms with Crippen LogP contribution in [0.1, 0.15) is 48.2 Å². The first-order valence-electron chi connectivity index (χ1n) is 8.92. The van der Waals surface area contributed by atoms with E-state index in [0.717, 1.165) is 16.7 Å². The third kappa shape index (κ3) is 5.72. The van der Waals surface area contributed by atoms with Crippen LogP contribution in [0, 0.1) is 6.92 Å². The van der Waals surface area contributed by atoms with Crippen molar-refractivity contribution in [2.45, 2.75) is 33.6 Å². The van der Waals surface area contributed by atoms with Gasteiger partial charge < -0.3 is 0 Å². The molecule has 0 fully saturated rings. The molecule has 1 heteroatoms. The number of hydrogen-bond donors (Lipinski definition) is 0. The fraction of sp³-hybridized carbons (Fsp3) is 0.208. The molecule has 0 saturated carbocycles. The van der Waals surface area contributed by atoms with Crippen LogP contribution in [0.3, 0.4) is 0 Å². The lowest BCUT2D eigenvalue weighted by Gasteiger charge is -2.00. The summed E-state index contributed by atoms with van der Waals surface area (Å²) >= 11 is 0. The summed E-state index contributed by atoms with van der Waals surface area (Å²) in [7, 11) is 0. The van der Waals surface area contributed by atoms with E-state index < -0.39 is 0 Å². The Morgan fingerprint density at radius 3 is 2.12 bits per heavy atom. The third-order valence-corrected chi connectivity index (χ3v) is 4.04.